The zero-order valence-corrected chi connectivity index (χ0v) is 25.7. The van der Waals surface area contributed by atoms with E-state index in [-0.39, 0.29) is 31.7 Å². The number of carbonyl (C=O) groups excluding carboxylic acids is 4. The number of methoxy groups -OCH3 is 1. The molecule has 15 nitrogen and oxygen atoms in total. The molecule has 6 N–H and O–H groups in total. The minimum atomic E-state index is -1.53. The second-order valence-electron chi connectivity index (χ2n) is 12.9. The van der Waals surface area contributed by atoms with Gasteiger partial charge in [0, 0.05) is 13.7 Å². The molecular formula is C29H45N7O8. The Kier molecular flexibility index (Phi) is 10.3. The van der Waals surface area contributed by atoms with Crippen molar-refractivity contribution in [2.75, 3.05) is 13.7 Å². The van der Waals surface area contributed by atoms with Crippen LogP contribution in [0.4, 0.5) is 4.79 Å². The molecule has 44 heavy (non-hydrogen) atoms. The van der Waals surface area contributed by atoms with Crippen LogP contribution >= 0.6 is 0 Å². The SMILES string of the molecule is CO[C@@H]1[C@@H](C(=O)NC2(C(=O)C(N)=O)CCCCC2)N(C(=O)C(CC2CCCCC2)NC(=O)O)C[C@H]1n1nncc1C(C)(C)O. The summed E-state index contributed by atoms with van der Waals surface area (Å²) in [5.74, 6) is -3.30. The molecule has 1 aliphatic heterocycles. The fourth-order valence-corrected chi connectivity index (χ4v) is 7.19. The maximum absolute atomic E-state index is 14.3. The van der Waals surface area contributed by atoms with Crippen molar-refractivity contribution < 1.29 is 38.9 Å². The Bertz CT molecular complexity index is 1230. The molecule has 2 saturated carbocycles. The summed E-state index contributed by atoms with van der Waals surface area (Å²) in [6.07, 6.45) is 6.44. The van der Waals surface area contributed by atoms with Gasteiger partial charge in [0.05, 0.1) is 11.9 Å². The summed E-state index contributed by atoms with van der Waals surface area (Å²) in [5, 5.41) is 33.7. The molecule has 3 fully saturated rings. The lowest BCUT2D eigenvalue weighted by Gasteiger charge is -2.38. The van der Waals surface area contributed by atoms with Gasteiger partial charge in [-0.1, -0.05) is 56.6 Å². The highest BCUT2D eigenvalue weighted by Crippen LogP contribution is 2.36. The number of aliphatic hydroxyl groups is 1. The van der Waals surface area contributed by atoms with Crippen LogP contribution in [0.2, 0.25) is 0 Å². The highest BCUT2D eigenvalue weighted by molar-refractivity contribution is 6.39. The van der Waals surface area contributed by atoms with Gasteiger partial charge in [-0.15, -0.1) is 5.10 Å². The minimum absolute atomic E-state index is 0.124. The van der Waals surface area contributed by atoms with Crippen molar-refractivity contribution in [1.29, 1.82) is 0 Å². The average Bonchev–Trinajstić information content (AvgIpc) is 3.62. The Hall–Kier alpha value is -3.59. The van der Waals surface area contributed by atoms with E-state index >= 15 is 0 Å². The highest BCUT2D eigenvalue weighted by Gasteiger charge is 2.54. The standard InChI is InChI=1S/C29H45N7O8/c1-28(2,43)20-15-31-34-36(20)19-16-35(26(40)18(32-27(41)42)14-17-10-6-4-7-11-17)21(22(19)44-3)25(39)33-29(23(37)24(30)38)12-8-5-9-13-29/h15,17-19,21-22,32,43H,4-14,16H2,1-3H3,(H2,30,38)(H,33,39)(H,41,42)/t18?,19-,21+,22+/m1/s1. The summed E-state index contributed by atoms with van der Waals surface area (Å²) < 4.78 is 7.24. The van der Waals surface area contributed by atoms with Crippen LogP contribution in [0.5, 0.6) is 0 Å². The third-order valence-electron chi connectivity index (χ3n) is 9.37. The molecule has 244 valence electrons. The van der Waals surface area contributed by atoms with Crippen molar-refractivity contribution in [1.82, 2.24) is 30.5 Å². The van der Waals surface area contributed by atoms with E-state index in [1.807, 2.05) is 0 Å². The lowest BCUT2D eigenvalue weighted by atomic mass is 9.78. The first-order chi connectivity index (χ1) is 20.8. The Morgan fingerprint density at radius 3 is 2.32 bits per heavy atom. The van der Waals surface area contributed by atoms with E-state index in [1.54, 1.807) is 13.8 Å². The lowest BCUT2D eigenvalue weighted by Crippen LogP contribution is -2.64. The summed E-state index contributed by atoms with van der Waals surface area (Å²) in [6, 6.07) is -3.28. The van der Waals surface area contributed by atoms with E-state index in [9.17, 15) is 34.2 Å². The van der Waals surface area contributed by atoms with Crippen LogP contribution in [-0.4, -0.2) is 97.1 Å². The zero-order valence-electron chi connectivity index (χ0n) is 25.7. The molecule has 2 heterocycles. The van der Waals surface area contributed by atoms with Crippen molar-refractivity contribution in [3.8, 4) is 0 Å². The number of hydrogen-bond acceptors (Lipinski definition) is 9. The van der Waals surface area contributed by atoms with E-state index in [0.29, 0.717) is 18.5 Å². The maximum atomic E-state index is 14.3. The van der Waals surface area contributed by atoms with Crippen LogP contribution in [0, 0.1) is 5.92 Å². The monoisotopic (exact) mass is 619 g/mol. The predicted octanol–water partition coefficient (Wildman–Crippen LogP) is 0.753. The third kappa shape index (κ3) is 7.04. The van der Waals surface area contributed by atoms with Gasteiger partial charge in [0.1, 0.15) is 35.4 Å². The van der Waals surface area contributed by atoms with Gasteiger partial charge in [0.15, 0.2) is 0 Å². The molecule has 3 aliphatic rings. The van der Waals surface area contributed by atoms with Gasteiger partial charge in [-0.25, -0.2) is 9.48 Å². The number of rotatable bonds is 11. The first-order valence-electron chi connectivity index (χ1n) is 15.4. The minimum Gasteiger partial charge on any atom is -0.465 e. The van der Waals surface area contributed by atoms with Crippen molar-refractivity contribution in [3.63, 3.8) is 0 Å². The summed E-state index contributed by atoms with van der Waals surface area (Å²) >= 11 is 0. The number of aromatic nitrogens is 3. The van der Waals surface area contributed by atoms with Crippen molar-refractivity contribution in [2.24, 2.45) is 11.7 Å². The summed E-state index contributed by atoms with van der Waals surface area (Å²) in [5.41, 5.74) is 2.79. The number of nitrogens with two attached hydrogens (primary N) is 1. The van der Waals surface area contributed by atoms with Gasteiger partial charge in [-0.05, 0) is 39.0 Å². The third-order valence-corrected chi connectivity index (χ3v) is 9.37. The molecule has 2 aliphatic carbocycles. The molecule has 0 spiro atoms. The largest absolute Gasteiger partial charge is 0.465 e. The Balaban J connectivity index is 1.74. The first kappa shape index (κ1) is 33.3. The lowest BCUT2D eigenvalue weighted by molar-refractivity contribution is -0.147. The van der Waals surface area contributed by atoms with Gasteiger partial charge in [0.2, 0.25) is 17.6 Å². The highest BCUT2D eigenvalue weighted by atomic mass is 16.5. The van der Waals surface area contributed by atoms with Crippen molar-refractivity contribution in [3.05, 3.63) is 11.9 Å². The number of carboxylic acid groups (broad SMARTS) is 1. The summed E-state index contributed by atoms with van der Waals surface area (Å²) in [4.78, 5) is 66.7. The van der Waals surface area contributed by atoms with E-state index in [4.69, 9.17) is 10.5 Å². The van der Waals surface area contributed by atoms with Crippen LogP contribution < -0.4 is 16.4 Å². The quantitative estimate of drug-likeness (QED) is 0.219. The molecule has 1 aromatic heterocycles. The number of amides is 4. The van der Waals surface area contributed by atoms with E-state index in [2.05, 4.69) is 20.9 Å². The number of nitrogens with one attached hydrogen (secondary N) is 2. The molecule has 1 saturated heterocycles. The number of ketones is 1. The van der Waals surface area contributed by atoms with Crippen molar-refractivity contribution in [2.45, 2.75) is 120 Å². The van der Waals surface area contributed by atoms with Gasteiger partial charge >= 0.3 is 6.09 Å². The fraction of sp³-hybridized carbons (Fsp3) is 0.759. The molecule has 0 aromatic carbocycles. The molecule has 4 amide bonds. The van der Waals surface area contributed by atoms with Crippen LogP contribution in [-0.2, 0) is 29.5 Å². The zero-order chi connectivity index (χ0) is 32.2. The molecule has 1 unspecified atom stereocenters. The second kappa shape index (κ2) is 13.6. The molecule has 1 aromatic rings. The summed E-state index contributed by atoms with van der Waals surface area (Å²) in [7, 11) is 1.37. The second-order valence-corrected chi connectivity index (χ2v) is 12.9. The number of hydrogen-bond donors (Lipinski definition) is 5. The maximum Gasteiger partial charge on any atom is 0.405 e. The van der Waals surface area contributed by atoms with Crippen LogP contribution in [0.3, 0.4) is 0 Å². The molecule has 4 rings (SSSR count). The molecule has 0 radical (unpaired) electrons. The van der Waals surface area contributed by atoms with E-state index < -0.39 is 65.0 Å². The van der Waals surface area contributed by atoms with E-state index in [1.165, 1.54) is 22.9 Å². The normalized spacial score (nSPS) is 24.8. The molecule has 0 bridgehead atoms. The number of nitrogens with zero attached hydrogens (tertiary/aromatic N) is 4. The number of ether oxygens (including phenoxy) is 1. The Labute approximate surface area is 256 Å². The Morgan fingerprint density at radius 2 is 1.75 bits per heavy atom. The molecule has 4 atom stereocenters. The van der Waals surface area contributed by atoms with Gasteiger partial charge < -0.3 is 36.2 Å². The predicted molar refractivity (Wildman–Crippen MR) is 155 cm³/mol. The fourth-order valence-electron chi connectivity index (χ4n) is 7.19. The summed E-state index contributed by atoms with van der Waals surface area (Å²) in [6.45, 7) is 2.97. The van der Waals surface area contributed by atoms with Crippen LogP contribution in [0.15, 0.2) is 6.20 Å². The van der Waals surface area contributed by atoms with Crippen LogP contribution in [0.1, 0.15) is 96.2 Å². The van der Waals surface area contributed by atoms with Crippen molar-refractivity contribution >= 4 is 29.6 Å². The number of primary amides is 1. The van der Waals surface area contributed by atoms with Crippen LogP contribution in [0.25, 0.3) is 0 Å². The first-order valence-corrected chi connectivity index (χ1v) is 15.4. The number of Topliss-reactive ketones (excluding diaryl/α,β-unsaturated/α-hetero) is 1. The topological polar surface area (TPSA) is 219 Å². The van der Waals surface area contributed by atoms with Gasteiger partial charge in [-0.2, -0.15) is 0 Å². The van der Waals surface area contributed by atoms with E-state index in [0.717, 1.165) is 38.5 Å². The van der Waals surface area contributed by atoms with Gasteiger partial charge in [0.25, 0.3) is 5.91 Å². The number of likely N-dealkylation sites (tertiary alicyclic amines) is 1. The van der Waals surface area contributed by atoms with Gasteiger partial charge in [-0.3, -0.25) is 19.2 Å². The Morgan fingerprint density at radius 1 is 1.11 bits per heavy atom. The molecule has 15 heteroatoms. The number of carbonyl (C=O) groups is 5. The molecular weight excluding hydrogens is 574 g/mol. The smallest absolute Gasteiger partial charge is 0.405 e. The average molecular weight is 620 g/mol.